The minimum Gasteiger partial charge on any atom is -0.457 e. The molecule has 1 aliphatic rings. The molecule has 1 atom stereocenters. The van der Waals surface area contributed by atoms with Crippen molar-refractivity contribution < 1.29 is 8.81 Å². The van der Waals surface area contributed by atoms with Crippen LogP contribution in [0.3, 0.4) is 0 Å². The van der Waals surface area contributed by atoms with Gasteiger partial charge < -0.3 is 9.73 Å². The fraction of sp³-hybridized carbons (Fsp3) is 0.0952. The zero-order chi connectivity index (χ0) is 17.1. The van der Waals surface area contributed by atoms with E-state index in [0.717, 1.165) is 29.1 Å². The Morgan fingerprint density at radius 3 is 2.80 bits per heavy atom. The number of nitrogens with zero attached hydrogens (tertiary/aromatic N) is 1. The van der Waals surface area contributed by atoms with Gasteiger partial charge in [0.1, 0.15) is 17.3 Å². The largest absolute Gasteiger partial charge is 0.457 e. The van der Waals surface area contributed by atoms with Gasteiger partial charge in [0.15, 0.2) is 0 Å². The molecule has 3 heterocycles. The molecule has 1 aromatic carbocycles. The van der Waals surface area contributed by atoms with Gasteiger partial charge in [-0.2, -0.15) is 0 Å². The number of furan rings is 1. The lowest BCUT2D eigenvalue weighted by Crippen LogP contribution is -2.20. The molecule has 1 aliphatic heterocycles. The monoisotopic (exact) mass is 332 g/mol. The molecule has 3 nitrogen and oxygen atoms in total. The summed E-state index contributed by atoms with van der Waals surface area (Å²) in [5.74, 6) is 1.25. The summed E-state index contributed by atoms with van der Waals surface area (Å²) in [5.41, 5.74) is 3.18. The molecule has 0 spiro atoms. The van der Waals surface area contributed by atoms with Crippen molar-refractivity contribution in [1.29, 1.82) is 0 Å². The maximum absolute atomic E-state index is 13.1. The maximum Gasteiger partial charge on any atom is 0.134 e. The van der Waals surface area contributed by atoms with Gasteiger partial charge in [-0.1, -0.05) is 12.1 Å². The van der Waals surface area contributed by atoms with Crippen LogP contribution in [-0.4, -0.2) is 4.98 Å². The van der Waals surface area contributed by atoms with Crippen molar-refractivity contribution >= 4 is 6.08 Å². The number of pyridine rings is 1. The van der Waals surface area contributed by atoms with Gasteiger partial charge in [0.2, 0.25) is 0 Å². The normalized spacial score (nSPS) is 18.3. The van der Waals surface area contributed by atoms with Crippen molar-refractivity contribution in [3.05, 3.63) is 95.9 Å². The second kappa shape index (κ2) is 6.77. The topological polar surface area (TPSA) is 38.1 Å². The number of benzene rings is 1. The molecule has 0 radical (unpaired) electrons. The van der Waals surface area contributed by atoms with Crippen molar-refractivity contribution in [3.63, 3.8) is 0 Å². The van der Waals surface area contributed by atoms with Crippen LogP contribution >= 0.6 is 0 Å². The Hall–Kier alpha value is -3.14. The van der Waals surface area contributed by atoms with Gasteiger partial charge in [-0.05, 0) is 72.3 Å². The number of nitrogens with one attached hydrogen (secondary N) is 1. The number of hydrogen-bond acceptors (Lipinski definition) is 3. The summed E-state index contributed by atoms with van der Waals surface area (Å²) in [6, 6.07) is 14.2. The predicted molar refractivity (Wildman–Crippen MR) is 95.9 cm³/mol. The van der Waals surface area contributed by atoms with E-state index in [-0.39, 0.29) is 11.9 Å². The van der Waals surface area contributed by atoms with Crippen LogP contribution < -0.4 is 5.32 Å². The third kappa shape index (κ3) is 3.38. The summed E-state index contributed by atoms with van der Waals surface area (Å²) in [6.45, 7) is 0. The van der Waals surface area contributed by atoms with Gasteiger partial charge >= 0.3 is 0 Å². The number of aromatic nitrogens is 1. The second-order valence-corrected chi connectivity index (χ2v) is 5.92. The highest BCUT2D eigenvalue weighted by atomic mass is 19.1. The number of rotatable bonds is 3. The molecule has 0 aliphatic carbocycles. The van der Waals surface area contributed by atoms with E-state index >= 15 is 0 Å². The van der Waals surface area contributed by atoms with Crippen molar-refractivity contribution in [3.8, 4) is 11.3 Å². The molecule has 0 bridgehead atoms. The van der Waals surface area contributed by atoms with Crippen LogP contribution in [0, 0.1) is 5.82 Å². The van der Waals surface area contributed by atoms with E-state index < -0.39 is 0 Å². The van der Waals surface area contributed by atoms with Gasteiger partial charge in [0.05, 0.1) is 6.04 Å². The fourth-order valence-electron chi connectivity index (χ4n) is 2.97. The molecule has 0 amide bonds. The minimum absolute atomic E-state index is 0.0815. The lowest BCUT2D eigenvalue weighted by atomic mass is 9.94. The van der Waals surface area contributed by atoms with Crippen LogP contribution in [0.25, 0.3) is 17.4 Å². The summed E-state index contributed by atoms with van der Waals surface area (Å²) < 4.78 is 19.0. The third-order valence-corrected chi connectivity index (χ3v) is 4.21. The second-order valence-electron chi connectivity index (χ2n) is 5.92. The molecule has 2 aromatic heterocycles. The number of halogens is 1. The molecule has 1 unspecified atom stereocenters. The van der Waals surface area contributed by atoms with Crippen LogP contribution in [-0.2, 0) is 0 Å². The molecular weight excluding hydrogens is 315 g/mol. The van der Waals surface area contributed by atoms with E-state index in [0.29, 0.717) is 0 Å². The Labute approximate surface area is 145 Å². The number of allylic oxidation sites excluding steroid dienone is 1. The Kier molecular flexibility index (Phi) is 4.17. The Bertz CT molecular complexity index is 911. The van der Waals surface area contributed by atoms with Gasteiger partial charge in [-0.25, -0.2) is 4.39 Å². The fourth-order valence-corrected chi connectivity index (χ4v) is 2.97. The summed E-state index contributed by atoms with van der Waals surface area (Å²) in [6.07, 6.45) is 10.6. The summed E-state index contributed by atoms with van der Waals surface area (Å²) in [5, 5.41) is 3.38. The lowest BCUT2D eigenvalue weighted by molar-refractivity contribution is 0.568. The molecule has 0 fully saturated rings. The number of hydrogen-bond donors (Lipinski definition) is 1. The molecule has 0 saturated heterocycles. The van der Waals surface area contributed by atoms with Crippen molar-refractivity contribution in [2.75, 3.05) is 0 Å². The first-order valence-electron chi connectivity index (χ1n) is 8.17. The van der Waals surface area contributed by atoms with Gasteiger partial charge in [-0.15, -0.1) is 0 Å². The predicted octanol–water partition coefficient (Wildman–Crippen LogP) is 5.11. The molecule has 3 aromatic rings. The highest BCUT2D eigenvalue weighted by molar-refractivity contribution is 5.61. The minimum atomic E-state index is -0.253. The highest BCUT2D eigenvalue weighted by Gasteiger charge is 2.18. The molecular formula is C21H17FN2O. The van der Waals surface area contributed by atoms with E-state index in [9.17, 15) is 4.39 Å². The van der Waals surface area contributed by atoms with Crippen LogP contribution in [0.4, 0.5) is 4.39 Å². The van der Waals surface area contributed by atoms with Gasteiger partial charge in [0, 0.05) is 18.0 Å². The summed E-state index contributed by atoms with van der Waals surface area (Å²) in [7, 11) is 0. The zero-order valence-corrected chi connectivity index (χ0v) is 13.5. The molecule has 4 heteroatoms. The smallest absolute Gasteiger partial charge is 0.134 e. The summed E-state index contributed by atoms with van der Waals surface area (Å²) in [4.78, 5) is 4.21. The van der Waals surface area contributed by atoms with E-state index in [4.69, 9.17) is 4.42 Å². The van der Waals surface area contributed by atoms with Gasteiger partial charge in [-0.3, -0.25) is 4.98 Å². The van der Waals surface area contributed by atoms with Crippen molar-refractivity contribution in [2.24, 2.45) is 0 Å². The van der Waals surface area contributed by atoms with E-state index in [2.05, 4.69) is 28.5 Å². The first-order chi connectivity index (χ1) is 12.3. The molecule has 25 heavy (non-hydrogen) atoms. The first kappa shape index (κ1) is 15.4. The van der Waals surface area contributed by atoms with Crippen molar-refractivity contribution in [2.45, 2.75) is 12.5 Å². The quantitative estimate of drug-likeness (QED) is 0.724. The standard InChI is InChI=1S/C21H17FN2O/c22-18-7-5-15(6-8-18)20-10-9-19(25-20)13-16-3-2-12-24-21(16)17-4-1-11-23-14-17/h1-2,4-14,21,24H,3H2. The molecule has 124 valence electrons. The Morgan fingerprint density at radius 1 is 1.12 bits per heavy atom. The first-order valence-corrected chi connectivity index (χ1v) is 8.17. The van der Waals surface area contributed by atoms with Crippen LogP contribution in [0.2, 0.25) is 0 Å². The Morgan fingerprint density at radius 2 is 2.00 bits per heavy atom. The van der Waals surface area contributed by atoms with E-state index in [1.807, 2.05) is 30.6 Å². The Balaban J connectivity index is 1.63. The maximum atomic E-state index is 13.1. The molecule has 1 N–H and O–H groups in total. The summed E-state index contributed by atoms with van der Waals surface area (Å²) >= 11 is 0. The van der Waals surface area contributed by atoms with Crippen LogP contribution in [0.1, 0.15) is 23.8 Å². The lowest BCUT2D eigenvalue weighted by Gasteiger charge is -2.23. The van der Waals surface area contributed by atoms with Crippen molar-refractivity contribution in [1.82, 2.24) is 10.3 Å². The van der Waals surface area contributed by atoms with E-state index in [1.165, 1.54) is 17.7 Å². The highest BCUT2D eigenvalue weighted by Crippen LogP contribution is 2.30. The van der Waals surface area contributed by atoms with E-state index in [1.54, 1.807) is 18.3 Å². The van der Waals surface area contributed by atoms with Crippen LogP contribution in [0.15, 0.2) is 83.2 Å². The van der Waals surface area contributed by atoms with Gasteiger partial charge in [0.25, 0.3) is 0 Å². The molecule has 4 rings (SSSR count). The SMILES string of the molecule is Fc1ccc(-c2ccc(C=C3CC=CNC3c3cccnc3)o2)cc1. The average molecular weight is 332 g/mol. The third-order valence-electron chi connectivity index (χ3n) is 4.21. The average Bonchev–Trinajstić information content (AvgIpc) is 3.12. The van der Waals surface area contributed by atoms with Crippen LogP contribution in [0.5, 0.6) is 0 Å². The zero-order valence-electron chi connectivity index (χ0n) is 13.5. The molecule has 0 saturated carbocycles.